The number of nitrogens with zero attached hydrogens (tertiary/aromatic N) is 4. The number of anilines is 2. The Kier molecular flexibility index (Phi) is 12.7. The van der Waals surface area contributed by atoms with Gasteiger partial charge in [-0.25, -0.2) is 41.3 Å². The first-order valence-corrected chi connectivity index (χ1v) is 13.7. The number of alkyl halides is 6. The number of H-pyrrole nitrogens is 2. The van der Waals surface area contributed by atoms with Gasteiger partial charge in [0.2, 0.25) is 31.8 Å². The van der Waals surface area contributed by atoms with Crippen molar-refractivity contribution in [2.24, 2.45) is 10.9 Å². The van der Waals surface area contributed by atoms with Crippen LogP contribution < -0.4 is 20.9 Å². The number of aliphatic hydroxyl groups excluding tert-OH is 1. The number of carbonyl (C=O) groups is 2. The first-order valence-electron chi connectivity index (χ1n) is 10.7. The van der Waals surface area contributed by atoms with Crippen LogP contribution in [0.25, 0.3) is 11.4 Å². The van der Waals surface area contributed by atoms with E-state index in [1.165, 1.54) is 18.5 Å². The van der Waals surface area contributed by atoms with Gasteiger partial charge in [-0.2, -0.15) is 31.6 Å². The minimum Gasteiger partial charge on any atom is -0.475 e. The Morgan fingerprint density at radius 3 is 1.95 bits per heavy atom. The lowest BCUT2D eigenvalue weighted by Gasteiger charge is -2.17. The van der Waals surface area contributed by atoms with Crippen LogP contribution >= 0.6 is 0 Å². The average molecular weight is 687 g/mol. The summed E-state index contributed by atoms with van der Waals surface area (Å²) < 4.78 is 116. The van der Waals surface area contributed by atoms with E-state index in [2.05, 4.69) is 40.6 Å². The quantitative estimate of drug-likeness (QED) is 0.120. The number of rotatable bonds is 9. The minimum absolute atomic E-state index is 0.0938. The van der Waals surface area contributed by atoms with E-state index in [0.717, 1.165) is 6.07 Å². The molecular formula is C17H20F6N10O9S2. The molecule has 2 aromatic heterocycles. The van der Waals surface area contributed by atoms with E-state index in [0.29, 0.717) is 0 Å². The molecule has 19 nitrogen and oxygen atoms in total. The molecule has 0 fully saturated rings. The first-order chi connectivity index (χ1) is 20.0. The fourth-order valence-corrected chi connectivity index (χ4v) is 5.15. The standard InChI is InChI=1S/C13H18N10O5S2.2C2HF3O2/c14-5-7(24)6-18-30(27,28)9-2-1-8(19-13-16-3-4-17-13)10(11(9)29(15,25)26)12-20-22-23-21-12;2*3-2(4,5)1(6)7/h1-4,7,18,24H,5-6,14H2,(H2,15,25,26)(H2,16,17,19)(H,20,21,22,23);2*(H,6,7). The molecule has 0 aliphatic carbocycles. The number of primary sulfonamides is 1. The van der Waals surface area contributed by atoms with Crippen molar-refractivity contribution in [3.05, 3.63) is 24.5 Å². The maximum absolute atomic E-state index is 12.8. The molecule has 0 amide bonds. The number of aromatic nitrogens is 6. The highest BCUT2D eigenvalue weighted by atomic mass is 32.2. The lowest BCUT2D eigenvalue weighted by Crippen LogP contribution is -2.36. The van der Waals surface area contributed by atoms with Gasteiger partial charge in [0.25, 0.3) is 0 Å². The number of nitrogens with two attached hydrogens (primary N) is 2. The number of carboxylic acids is 2. The van der Waals surface area contributed by atoms with Crippen LogP contribution in [0.2, 0.25) is 0 Å². The number of imidazole rings is 1. The number of aliphatic hydroxyl groups is 1. The van der Waals surface area contributed by atoms with Crippen molar-refractivity contribution in [2.75, 3.05) is 18.4 Å². The molecule has 3 rings (SSSR count). The molecule has 1 atom stereocenters. The van der Waals surface area contributed by atoms with Crippen molar-refractivity contribution in [2.45, 2.75) is 28.2 Å². The highest BCUT2D eigenvalue weighted by molar-refractivity contribution is 7.92. The summed E-state index contributed by atoms with van der Waals surface area (Å²) in [7, 11) is -9.05. The Morgan fingerprint density at radius 1 is 1.02 bits per heavy atom. The Labute approximate surface area is 240 Å². The van der Waals surface area contributed by atoms with Crippen molar-refractivity contribution in [3.8, 4) is 11.4 Å². The number of benzene rings is 1. The molecule has 0 spiro atoms. The lowest BCUT2D eigenvalue weighted by atomic mass is 10.1. The fraction of sp³-hybridized carbons (Fsp3) is 0.294. The topological polar surface area (TPSA) is 322 Å². The lowest BCUT2D eigenvalue weighted by molar-refractivity contribution is -0.193. The number of nitrogens with one attached hydrogen (secondary N) is 4. The Balaban J connectivity index is 0.000000574. The number of hydrogen-bond donors (Lipinski definition) is 9. The molecule has 246 valence electrons. The molecule has 0 bridgehead atoms. The van der Waals surface area contributed by atoms with Crippen molar-refractivity contribution < 1.29 is 68.1 Å². The van der Waals surface area contributed by atoms with Crippen LogP contribution in [0.3, 0.4) is 0 Å². The number of hydrogen-bond acceptors (Lipinski definition) is 13. The summed E-state index contributed by atoms with van der Waals surface area (Å²) in [6, 6.07) is 2.32. The molecule has 1 unspecified atom stereocenters. The fourth-order valence-electron chi connectivity index (χ4n) is 2.48. The normalized spacial score (nSPS) is 12.7. The number of aromatic amines is 2. The van der Waals surface area contributed by atoms with E-state index in [9.17, 15) is 48.3 Å². The zero-order chi connectivity index (χ0) is 34.1. The smallest absolute Gasteiger partial charge is 0.475 e. The maximum atomic E-state index is 12.8. The second-order valence-corrected chi connectivity index (χ2v) is 10.7. The molecule has 0 saturated carbocycles. The van der Waals surface area contributed by atoms with Gasteiger partial charge in [-0.3, -0.25) is 0 Å². The summed E-state index contributed by atoms with van der Waals surface area (Å²) in [4.78, 5) is 23.1. The molecule has 0 aliphatic heterocycles. The molecule has 0 saturated heterocycles. The van der Waals surface area contributed by atoms with Crippen molar-refractivity contribution in [1.29, 1.82) is 0 Å². The summed E-state index contributed by atoms with van der Waals surface area (Å²) in [6.45, 7) is -0.641. The van der Waals surface area contributed by atoms with Crippen LogP contribution in [0.4, 0.5) is 38.0 Å². The number of carboxylic acid groups (broad SMARTS) is 2. The summed E-state index contributed by atoms with van der Waals surface area (Å²) in [5, 5.41) is 45.0. The van der Waals surface area contributed by atoms with E-state index >= 15 is 0 Å². The zero-order valence-electron chi connectivity index (χ0n) is 21.1. The van der Waals surface area contributed by atoms with Crippen LogP contribution in [0.1, 0.15) is 0 Å². The van der Waals surface area contributed by atoms with Crippen LogP contribution in [-0.4, -0.2) is 106 Å². The SMILES string of the molecule is NCC(O)CNS(=O)(=O)c1ccc(Nc2ncc[nH]2)c(-c2nn[nH]n2)c1S(N)(=O)=O.O=C(O)C(F)(F)F.O=C(O)C(F)(F)F. The average Bonchev–Trinajstić information content (AvgIpc) is 3.61. The van der Waals surface area contributed by atoms with Gasteiger partial charge in [0.05, 0.1) is 17.4 Å². The van der Waals surface area contributed by atoms with Gasteiger partial charge in [-0.1, -0.05) is 0 Å². The Morgan fingerprint density at radius 2 is 1.57 bits per heavy atom. The van der Waals surface area contributed by atoms with Crippen LogP contribution in [-0.2, 0) is 29.6 Å². The van der Waals surface area contributed by atoms with Gasteiger partial charge in [0, 0.05) is 25.5 Å². The molecule has 3 aromatic rings. The Bertz CT molecular complexity index is 1590. The van der Waals surface area contributed by atoms with E-state index in [-0.39, 0.29) is 29.6 Å². The van der Waals surface area contributed by atoms with Crippen molar-refractivity contribution >= 4 is 43.6 Å². The first kappa shape index (κ1) is 37.6. The molecular weight excluding hydrogens is 666 g/mol. The molecule has 2 heterocycles. The highest BCUT2D eigenvalue weighted by Crippen LogP contribution is 2.37. The number of halogens is 6. The molecule has 0 aliphatic rings. The van der Waals surface area contributed by atoms with Gasteiger partial charge in [-0.15, -0.1) is 10.2 Å². The van der Waals surface area contributed by atoms with Gasteiger partial charge in [0.15, 0.2) is 0 Å². The molecule has 1 aromatic carbocycles. The summed E-state index contributed by atoms with van der Waals surface area (Å²) in [5.41, 5.74) is 5.12. The predicted octanol–water partition coefficient (Wildman–Crippen LogP) is -1.15. The van der Waals surface area contributed by atoms with Crippen molar-refractivity contribution in [1.82, 2.24) is 35.3 Å². The maximum Gasteiger partial charge on any atom is 0.490 e. The monoisotopic (exact) mass is 686 g/mol. The third kappa shape index (κ3) is 11.3. The largest absolute Gasteiger partial charge is 0.490 e. The Hall–Kier alpha value is -4.44. The third-order valence-corrected chi connectivity index (χ3v) is 6.87. The second kappa shape index (κ2) is 14.8. The van der Waals surface area contributed by atoms with Crippen LogP contribution in [0.15, 0.2) is 34.3 Å². The summed E-state index contributed by atoms with van der Waals surface area (Å²) in [6.07, 6.45) is -8.38. The predicted molar refractivity (Wildman–Crippen MR) is 130 cm³/mol. The number of tetrazole rings is 1. The third-order valence-electron chi connectivity index (χ3n) is 4.28. The number of sulfonamides is 2. The minimum atomic E-state index is -5.08. The summed E-state index contributed by atoms with van der Waals surface area (Å²) in [5.74, 6) is -5.51. The van der Waals surface area contributed by atoms with Crippen LogP contribution in [0.5, 0.6) is 0 Å². The zero-order valence-corrected chi connectivity index (χ0v) is 22.8. The number of aliphatic carboxylic acids is 2. The van der Waals surface area contributed by atoms with E-state index in [4.69, 9.17) is 30.7 Å². The molecule has 27 heteroatoms. The van der Waals surface area contributed by atoms with Crippen LogP contribution in [0, 0.1) is 0 Å². The molecule has 11 N–H and O–H groups in total. The van der Waals surface area contributed by atoms with Gasteiger partial charge < -0.3 is 31.4 Å². The highest BCUT2D eigenvalue weighted by Gasteiger charge is 2.39. The van der Waals surface area contributed by atoms with E-state index < -0.39 is 66.8 Å². The van der Waals surface area contributed by atoms with Gasteiger partial charge in [-0.05, 0) is 17.3 Å². The second-order valence-electron chi connectivity index (χ2n) is 7.51. The van der Waals surface area contributed by atoms with Gasteiger partial charge >= 0.3 is 24.3 Å². The van der Waals surface area contributed by atoms with E-state index in [1.54, 1.807) is 0 Å². The summed E-state index contributed by atoms with van der Waals surface area (Å²) >= 11 is 0. The van der Waals surface area contributed by atoms with E-state index in [1.807, 2.05) is 0 Å². The molecule has 44 heavy (non-hydrogen) atoms. The van der Waals surface area contributed by atoms with Gasteiger partial charge in [0.1, 0.15) is 9.79 Å². The molecule has 0 radical (unpaired) electrons. The van der Waals surface area contributed by atoms with Crippen molar-refractivity contribution in [3.63, 3.8) is 0 Å².